The Kier molecular flexibility index (Phi) is 12.3. The van der Waals surface area contributed by atoms with E-state index in [1.807, 2.05) is 43.4 Å². The normalized spacial score (nSPS) is 18.9. The Balaban J connectivity index is 1.12. The van der Waals surface area contributed by atoms with Crippen molar-refractivity contribution in [3.8, 4) is 28.3 Å². The van der Waals surface area contributed by atoms with Gasteiger partial charge in [0, 0.05) is 61.2 Å². The van der Waals surface area contributed by atoms with Gasteiger partial charge < -0.3 is 25.2 Å². The Hall–Kier alpha value is -4.53. The predicted molar refractivity (Wildman–Crippen MR) is 213 cm³/mol. The highest BCUT2D eigenvalue weighted by Gasteiger charge is 2.27. The van der Waals surface area contributed by atoms with Crippen molar-refractivity contribution in [1.29, 1.82) is 0 Å². The number of β-amino-alcohol motifs (C(OH)–C–C–N with tert-alkyl or cyclic N) is 1. The van der Waals surface area contributed by atoms with Crippen LogP contribution < -0.4 is 10.1 Å². The highest BCUT2D eigenvalue weighted by atomic mass is 35.5. The average Bonchev–Trinajstić information content (AvgIpc) is 3.59. The van der Waals surface area contributed by atoms with E-state index in [1.54, 1.807) is 31.5 Å². The molecule has 2 aliphatic rings. The monoisotopic (exact) mass is 805 g/mol. The standard InChI is InChI=1S/C41H43Cl2F2N7O4/c1-51(19-23-9-11-25(12-10-23)41(54)55)21-26-13-14-31(49-40(26)56-2)30-7-3-5-28(34(30)42)29-6-4-8-32(35(29)43)47-38-36-33(48-39(50-38)37(44)45)17-24(18-46-36)20-52-16-15-27(53)22-52/h3-8,13-14,17-18,23,25,27,37,53H,9-12,15-16,19-22H2,1-2H3,(H,54,55)(H,47,48,50)/t23?,25?,27-/m1/s1. The number of aliphatic hydroxyl groups excluding tert-OH is 1. The Labute approximate surface area is 333 Å². The van der Waals surface area contributed by atoms with Gasteiger partial charge >= 0.3 is 5.97 Å². The molecule has 1 saturated heterocycles. The van der Waals surface area contributed by atoms with Crippen LogP contribution in [0.5, 0.6) is 5.88 Å². The van der Waals surface area contributed by atoms with Crippen LogP contribution in [-0.2, 0) is 17.9 Å². The van der Waals surface area contributed by atoms with Gasteiger partial charge in [-0.05, 0) is 68.8 Å². The Morgan fingerprint density at radius 2 is 1.73 bits per heavy atom. The number of aliphatic carboxylic acids is 1. The van der Waals surface area contributed by atoms with Gasteiger partial charge in [0.05, 0.1) is 46.1 Å². The molecule has 3 aromatic heterocycles. The fraction of sp³-hybridized carbons (Fsp3) is 0.390. The van der Waals surface area contributed by atoms with Gasteiger partial charge in [-0.1, -0.05) is 59.6 Å². The molecule has 294 valence electrons. The highest BCUT2D eigenvalue weighted by Crippen LogP contribution is 2.42. The number of carbonyl (C=O) groups is 1. The number of alkyl halides is 2. The highest BCUT2D eigenvalue weighted by molar-refractivity contribution is 6.39. The number of nitrogens with zero attached hydrogens (tertiary/aromatic N) is 6. The first kappa shape index (κ1) is 39.7. The van der Waals surface area contributed by atoms with E-state index in [4.69, 9.17) is 32.9 Å². The van der Waals surface area contributed by atoms with E-state index in [9.17, 15) is 23.8 Å². The van der Waals surface area contributed by atoms with Crippen molar-refractivity contribution >= 4 is 51.7 Å². The summed E-state index contributed by atoms with van der Waals surface area (Å²) in [4.78, 5) is 33.3. The number of likely N-dealkylation sites (tertiary alicyclic amines) is 1. The van der Waals surface area contributed by atoms with E-state index < -0.39 is 18.2 Å². The number of ether oxygens (including phenoxy) is 1. The maximum absolute atomic E-state index is 14.0. The van der Waals surface area contributed by atoms with Gasteiger partial charge in [-0.25, -0.2) is 23.7 Å². The number of carboxylic acid groups (broad SMARTS) is 1. The molecule has 5 aromatic rings. The smallest absolute Gasteiger partial charge is 0.306 e. The molecule has 0 amide bonds. The van der Waals surface area contributed by atoms with Gasteiger partial charge in [-0.2, -0.15) is 0 Å². The predicted octanol–water partition coefficient (Wildman–Crippen LogP) is 8.64. The number of pyridine rings is 2. The second-order valence-electron chi connectivity index (χ2n) is 14.7. The van der Waals surface area contributed by atoms with Crippen LogP contribution in [0, 0.1) is 11.8 Å². The molecule has 56 heavy (non-hydrogen) atoms. The van der Waals surface area contributed by atoms with Crippen LogP contribution in [0.4, 0.5) is 20.3 Å². The van der Waals surface area contributed by atoms with Crippen LogP contribution in [0.15, 0.2) is 60.8 Å². The lowest BCUT2D eigenvalue weighted by Gasteiger charge is -2.29. The molecule has 2 aromatic carbocycles. The molecule has 0 spiro atoms. The molecule has 15 heteroatoms. The summed E-state index contributed by atoms with van der Waals surface area (Å²) in [6.45, 7) is 3.24. The number of methoxy groups -OCH3 is 1. The zero-order chi connectivity index (χ0) is 39.5. The molecule has 4 heterocycles. The second-order valence-corrected chi connectivity index (χ2v) is 15.5. The minimum Gasteiger partial charge on any atom is -0.481 e. The number of carboxylic acids is 1. The first-order valence-corrected chi connectivity index (χ1v) is 19.4. The van der Waals surface area contributed by atoms with Crippen LogP contribution in [0.25, 0.3) is 33.4 Å². The lowest BCUT2D eigenvalue weighted by Crippen LogP contribution is -2.30. The summed E-state index contributed by atoms with van der Waals surface area (Å²) in [5, 5.41) is 23.1. The molecule has 11 nitrogen and oxygen atoms in total. The number of hydrogen-bond donors (Lipinski definition) is 3. The molecule has 1 aliphatic carbocycles. The third kappa shape index (κ3) is 8.87. The molecule has 7 rings (SSSR count). The van der Waals surface area contributed by atoms with Crippen molar-refractivity contribution in [2.75, 3.05) is 39.1 Å². The minimum atomic E-state index is -2.92. The molecule has 1 saturated carbocycles. The summed E-state index contributed by atoms with van der Waals surface area (Å²) in [5.41, 5.74) is 5.18. The van der Waals surface area contributed by atoms with Crippen molar-refractivity contribution in [3.63, 3.8) is 0 Å². The molecule has 3 N–H and O–H groups in total. The van der Waals surface area contributed by atoms with E-state index in [0.29, 0.717) is 94.3 Å². The maximum Gasteiger partial charge on any atom is 0.306 e. The van der Waals surface area contributed by atoms with Gasteiger partial charge in [-0.15, -0.1) is 0 Å². The number of halogens is 4. The molecule has 0 unspecified atom stereocenters. The van der Waals surface area contributed by atoms with Gasteiger partial charge in [0.2, 0.25) is 5.88 Å². The minimum absolute atomic E-state index is 0.0833. The van der Waals surface area contributed by atoms with E-state index in [0.717, 1.165) is 37.1 Å². The van der Waals surface area contributed by atoms with Crippen LogP contribution in [0.3, 0.4) is 0 Å². The molecule has 1 atom stereocenters. The summed E-state index contributed by atoms with van der Waals surface area (Å²) >= 11 is 14.1. The van der Waals surface area contributed by atoms with E-state index in [-0.39, 0.29) is 23.4 Å². The fourth-order valence-electron chi connectivity index (χ4n) is 7.77. The molecule has 2 fully saturated rings. The third-order valence-electron chi connectivity index (χ3n) is 10.6. The van der Waals surface area contributed by atoms with Crippen molar-refractivity contribution in [2.45, 2.75) is 57.7 Å². The zero-order valence-electron chi connectivity index (χ0n) is 31.1. The van der Waals surface area contributed by atoms with Gasteiger partial charge in [-0.3, -0.25) is 14.7 Å². The second kappa shape index (κ2) is 17.3. The van der Waals surface area contributed by atoms with Crippen molar-refractivity contribution < 1.29 is 28.5 Å². The number of benzene rings is 2. The number of fused-ring (bicyclic) bond motifs is 1. The maximum atomic E-state index is 14.0. The number of anilines is 2. The number of rotatable bonds is 13. The zero-order valence-corrected chi connectivity index (χ0v) is 32.6. The molecule has 0 radical (unpaired) electrons. The average molecular weight is 807 g/mol. The first-order chi connectivity index (χ1) is 27.0. The van der Waals surface area contributed by atoms with Crippen LogP contribution >= 0.6 is 23.2 Å². The van der Waals surface area contributed by atoms with E-state index in [1.165, 1.54) is 0 Å². The van der Waals surface area contributed by atoms with Crippen molar-refractivity contribution in [1.82, 2.24) is 29.7 Å². The number of aliphatic hydroxyl groups is 1. The van der Waals surface area contributed by atoms with Gasteiger partial charge in [0.1, 0.15) is 5.52 Å². The summed E-state index contributed by atoms with van der Waals surface area (Å²) < 4.78 is 33.8. The lowest BCUT2D eigenvalue weighted by molar-refractivity contribution is -0.143. The Morgan fingerprint density at radius 3 is 2.43 bits per heavy atom. The quantitative estimate of drug-likeness (QED) is 0.106. The van der Waals surface area contributed by atoms with E-state index >= 15 is 0 Å². The van der Waals surface area contributed by atoms with Crippen LogP contribution in [-0.4, -0.2) is 85.8 Å². The molecular formula is C41H43Cl2F2N7O4. The number of nitrogens with one attached hydrogen (secondary N) is 1. The van der Waals surface area contributed by atoms with Gasteiger partial charge in [0.25, 0.3) is 6.43 Å². The summed E-state index contributed by atoms with van der Waals surface area (Å²) in [7, 11) is 3.63. The van der Waals surface area contributed by atoms with Gasteiger partial charge in [0.15, 0.2) is 11.6 Å². The Bertz CT molecular complexity index is 2220. The summed E-state index contributed by atoms with van der Waals surface area (Å²) in [5.74, 6) is -0.572. The van der Waals surface area contributed by atoms with Crippen molar-refractivity contribution in [2.24, 2.45) is 11.8 Å². The van der Waals surface area contributed by atoms with Crippen LogP contribution in [0.2, 0.25) is 10.0 Å². The summed E-state index contributed by atoms with van der Waals surface area (Å²) in [6.07, 6.45) is 2.27. The topological polar surface area (TPSA) is 137 Å². The number of hydrogen-bond acceptors (Lipinski definition) is 10. The first-order valence-electron chi connectivity index (χ1n) is 18.6. The molecule has 1 aliphatic heterocycles. The lowest BCUT2D eigenvalue weighted by atomic mass is 9.82. The van der Waals surface area contributed by atoms with E-state index in [2.05, 4.69) is 30.1 Å². The third-order valence-corrected chi connectivity index (χ3v) is 11.4. The van der Waals surface area contributed by atoms with Crippen LogP contribution in [0.1, 0.15) is 55.5 Å². The van der Waals surface area contributed by atoms with Crippen molar-refractivity contribution in [3.05, 3.63) is 87.8 Å². The molecule has 0 bridgehead atoms. The largest absolute Gasteiger partial charge is 0.481 e. The molecular weight excluding hydrogens is 763 g/mol. The summed E-state index contributed by atoms with van der Waals surface area (Å²) in [6, 6.07) is 16.5. The fourth-order valence-corrected chi connectivity index (χ4v) is 8.37. The number of aromatic nitrogens is 4. The Morgan fingerprint density at radius 1 is 1.00 bits per heavy atom. The SMILES string of the molecule is COc1nc(-c2cccc(-c3cccc(Nc4nc(C(F)F)nc5cc(CN6CC[C@@H](O)C6)cnc45)c3Cl)c2Cl)ccc1CN(C)CC1CCC(C(=O)O)CC1.